The summed E-state index contributed by atoms with van der Waals surface area (Å²) in [7, 11) is 0. The summed E-state index contributed by atoms with van der Waals surface area (Å²) >= 11 is 5.30. The van der Waals surface area contributed by atoms with Gasteiger partial charge in [0.2, 0.25) is 5.24 Å². The van der Waals surface area contributed by atoms with Crippen molar-refractivity contribution in [1.29, 1.82) is 5.26 Å². The molecule has 4 nitrogen and oxygen atoms in total. The lowest BCUT2D eigenvalue weighted by Gasteiger charge is -2.39. The molecule has 0 radical (unpaired) electrons. The zero-order valence-electron chi connectivity index (χ0n) is 8.83. The van der Waals surface area contributed by atoms with Gasteiger partial charge in [-0.05, 0) is 25.4 Å². The number of hydrogen-bond acceptors (Lipinski definition) is 4. The summed E-state index contributed by atoms with van der Waals surface area (Å²) in [5, 5.41) is 8.17. The molecule has 5 heteroatoms. The minimum atomic E-state index is -0.753. The predicted octanol–water partition coefficient (Wildman–Crippen LogP) is 1.97. The first-order valence-electron chi connectivity index (χ1n) is 4.84. The van der Waals surface area contributed by atoms with E-state index >= 15 is 0 Å². The molecule has 0 spiro atoms. The molecule has 1 aliphatic rings. The molecule has 1 fully saturated rings. The highest BCUT2D eigenvalue weighted by atomic mass is 35.5. The van der Waals surface area contributed by atoms with E-state index in [1.54, 1.807) is 13.8 Å². The topological polar surface area (TPSA) is 59.3 Å². The average molecular weight is 232 g/mol. The Hall–Kier alpha value is -0.630. The van der Waals surface area contributed by atoms with Gasteiger partial charge < -0.3 is 9.47 Å². The first kappa shape index (κ1) is 12.4. The Morgan fingerprint density at radius 3 is 2.67 bits per heavy atom. The highest BCUT2D eigenvalue weighted by Gasteiger charge is 2.35. The molecule has 1 saturated heterocycles. The molecule has 0 amide bonds. The normalized spacial score (nSPS) is 29.5. The van der Waals surface area contributed by atoms with Crippen molar-refractivity contribution in [2.45, 2.75) is 51.1 Å². The lowest BCUT2D eigenvalue weighted by Crippen LogP contribution is -2.44. The maximum Gasteiger partial charge on any atom is 0.224 e. The fourth-order valence-electron chi connectivity index (χ4n) is 1.75. The van der Waals surface area contributed by atoms with Gasteiger partial charge in [0.25, 0.3) is 0 Å². The zero-order valence-corrected chi connectivity index (χ0v) is 9.58. The van der Waals surface area contributed by atoms with Gasteiger partial charge >= 0.3 is 0 Å². The Bertz CT molecular complexity index is 285. The molecule has 0 aliphatic carbocycles. The molecule has 0 unspecified atom stereocenters. The largest absolute Gasteiger partial charge is 0.347 e. The van der Waals surface area contributed by atoms with Crippen LogP contribution in [0.5, 0.6) is 0 Å². The lowest BCUT2D eigenvalue weighted by molar-refractivity contribution is -0.297. The number of carbonyl (C=O) groups excluding carboxylic acids is 1. The number of carbonyl (C=O) groups is 1. The second-order valence-corrected chi connectivity index (χ2v) is 4.46. The Morgan fingerprint density at radius 2 is 2.13 bits per heavy atom. The van der Waals surface area contributed by atoms with Crippen molar-refractivity contribution in [1.82, 2.24) is 0 Å². The van der Waals surface area contributed by atoms with Gasteiger partial charge in [0, 0.05) is 12.8 Å². The molecular weight excluding hydrogens is 218 g/mol. The Morgan fingerprint density at radius 1 is 1.53 bits per heavy atom. The van der Waals surface area contributed by atoms with Crippen LogP contribution in [0.2, 0.25) is 0 Å². The molecule has 15 heavy (non-hydrogen) atoms. The van der Waals surface area contributed by atoms with Crippen molar-refractivity contribution >= 4 is 16.8 Å². The molecule has 84 valence electrons. The summed E-state index contributed by atoms with van der Waals surface area (Å²) < 4.78 is 11.1. The SMILES string of the molecule is CC1(C)O[C@H](CC#N)C[C@H](CC(=O)Cl)O1. The third-order valence-electron chi connectivity index (χ3n) is 2.13. The van der Waals surface area contributed by atoms with Crippen LogP contribution < -0.4 is 0 Å². The number of nitrogens with zero attached hydrogens (tertiary/aromatic N) is 1. The Balaban J connectivity index is 2.60. The molecular formula is C10H14ClNO3. The summed E-state index contributed by atoms with van der Waals surface area (Å²) in [6.07, 6.45) is 0.572. The van der Waals surface area contributed by atoms with Gasteiger partial charge in [-0.25, -0.2) is 0 Å². The van der Waals surface area contributed by atoms with E-state index in [2.05, 4.69) is 6.07 Å². The van der Waals surface area contributed by atoms with Gasteiger partial charge in [0.15, 0.2) is 5.79 Å². The molecule has 2 atom stereocenters. The first-order chi connectivity index (χ1) is 6.93. The van der Waals surface area contributed by atoms with E-state index in [1.165, 1.54) is 0 Å². The predicted molar refractivity (Wildman–Crippen MR) is 54.1 cm³/mol. The minimum Gasteiger partial charge on any atom is -0.347 e. The van der Waals surface area contributed by atoms with E-state index in [1.807, 2.05) is 0 Å². The van der Waals surface area contributed by atoms with Crippen LogP contribution in [-0.2, 0) is 14.3 Å². The highest BCUT2D eigenvalue weighted by molar-refractivity contribution is 6.63. The number of hydrogen-bond donors (Lipinski definition) is 0. The van der Waals surface area contributed by atoms with Crippen molar-refractivity contribution in [3.8, 4) is 6.07 Å². The van der Waals surface area contributed by atoms with Crippen molar-refractivity contribution in [2.75, 3.05) is 0 Å². The van der Waals surface area contributed by atoms with Gasteiger partial charge in [0.05, 0.1) is 24.7 Å². The standard InChI is InChI=1S/C10H14ClNO3/c1-10(2)14-7(3-4-12)5-8(15-10)6-9(11)13/h7-8H,3,5-6H2,1-2H3/t7-,8-/m1/s1. The van der Waals surface area contributed by atoms with E-state index in [-0.39, 0.29) is 18.6 Å². The average Bonchev–Trinajstić information content (AvgIpc) is 1.99. The second-order valence-electron chi connectivity index (χ2n) is 4.04. The molecule has 0 aromatic rings. The molecule has 0 N–H and O–H groups in total. The van der Waals surface area contributed by atoms with E-state index in [0.29, 0.717) is 12.8 Å². The number of ether oxygens (including phenoxy) is 2. The number of rotatable bonds is 3. The molecule has 1 rings (SSSR count). The van der Waals surface area contributed by atoms with Crippen LogP contribution in [0.1, 0.15) is 33.1 Å². The number of halogens is 1. The minimum absolute atomic E-state index is 0.163. The quantitative estimate of drug-likeness (QED) is 0.697. The van der Waals surface area contributed by atoms with Crippen LogP contribution in [0.3, 0.4) is 0 Å². The molecule has 0 aromatic carbocycles. The van der Waals surface area contributed by atoms with Crippen molar-refractivity contribution < 1.29 is 14.3 Å². The summed E-state index contributed by atoms with van der Waals surface area (Å²) in [4.78, 5) is 10.8. The van der Waals surface area contributed by atoms with Gasteiger partial charge in [-0.1, -0.05) is 0 Å². The van der Waals surface area contributed by atoms with Gasteiger partial charge in [-0.15, -0.1) is 0 Å². The van der Waals surface area contributed by atoms with E-state index in [0.717, 1.165) is 0 Å². The third kappa shape index (κ3) is 4.17. The summed E-state index contributed by atoms with van der Waals surface area (Å²) in [5.41, 5.74) is 0. The Labute approximate surface area is 94.1 Å². The highest BCUT2D eigenvalue weighted by Crippen LogP contribution is 2.29. The Kier molecular flexibility index (Phi) is 4.09. The van der Waals surface area contributed by atoms with Crippen LogP contribution in [-0.4, -0.2) is 23.2 Å². The fourth-order valence-corrected chi connectivity index (χ4v) is 1.92. The summed E-state index contributed by atoms with van der Waals surface area (Å²) in [6.45, 7) is 3.53. The van der Waals surface area contributed by atoms with Crippen LogP contribution >= 0.6 is 11.6 Å². The summed E-state index contributed by atoms with van der Waals surface area (Å²) in [5.74, 6) is -0.753. The van der Waals surface area contributed by atoms with Crippen molar-refractivity contribution in [3.63, 3.8) is 0 Å². The van der Waals surface area contributed by atoms with Gasteiger partial charge in [0.1, 0.15) is 0 Å². The molecule has 0 aromatic heterocycles. The van der Waals surface area contributed by atoms with Gasteiger partial charge in [-0.3, -0.25) is 4.79 Å². The maximum absolute atomic E-state index is 10.8. The zero-order chi connectivity index (χ0) is 11.5. The fraction of sp³-hybridized carbons (Fsp3) is 0.800. The van der Waals surface area contributed by atoms with Gasteiger partial charge in [-0.2, -0.15) is 5.26 Å². The van der Waals surface area contributed by atoms with Crippen LogP contribution in [0.4, 0.5) is 0 Å². The molecule has 1 heterocycles. The maximum atomic E-state index is 10.8. The van der Waals surface area contributed by atoms with E-state index < -0.39 is 11.0 Å². The van der Waals surface area contributed by atoms with Crippen molar-refractivity contribution in [2.24, 2.45) is 0 Å². The van der Waals surface area contributed by atoms with E-state index in [9.17, 15) is 4.79 Å². The monoisotopic (exact) mass is 231 g/mol. The second kappa shape index (κ2) is 4.93. The van der Waals surface area contributed by atoms with E-state index in [4.69, 9.17) is 26.3 Å². The summed E-state index contributed by atoms with van der Waals surface area (Å²) in [6, 6.07) is 2.05. The lowest BCUT2D eigenvalue weighted by atomic mass is 10.0. The molecule has 1 aliphatic heterocycles. The first-order valence-corrected chi connectivity index (χ1v) is 5.21. The van der Waals surface area contributed by atoms with Crippen molar-refractivity contribution in [3.05, 3.63) is 0 Å². The molecule has 0 bridgehead atoms. The van der Waals surface area contributed by atoms with Crippen LogP contribution in [0.15, 0.2) is 0 Å². The number of nitriles is 1. The molecule has 0 saturated carbocycles. The third-order valence-corrected chi connectivity index (χ3v) is 2.29. The van der Waals surface area contributed by atoms with Crippen LogP contribution in [0.25, 0.3) is 0 Å². The smallest absolute Gasteiger partial charge is 0.224 e. The van der Waals surface area contributed by atoms with Crippen LogP contribution in [0, 0.1) is 11.3 Å².